The second kappa shape index (κ2) is 4.72. The van der Waals surface area contributed by atoms with Crippen molar-refractivity contribution in [1.29, 1.82) is 0 Å². The van der Waals surface area contributed by atoms with Gasteiger partial charge < -0.3 is 9.72 Å². The van der Waals surface area contributed by atoms with Gasteiger partial charge in [-0.2, -0.15) is 0 Å². The van der Waals surface area contributed by atoms with E-state index in [1.807, 2.05) is 0 Å². The molecule has 1 aliphatic heterocycles. The first-order valence-electron chi connectivity index (χ1n) is 7.04. The average molecular weight is 256 g/mol. The molecule has 3 heteroatoms. The van der Waals surface area contributed by atoms with Gasteiger partial charge in [-0.15, -0.1) is 0 Å². The molecule has 2 aromatic rings. The zero-order chi connectivity index (χ0) is 13.4. The minimum absolute atomic E-state index is 0.518. The van der Waals surface area contributed by atoms with Crippen LogP contribution in [0.5, 0.6) is 5.75 Å². The number of rotatable bonds is 2. The summed E-state index contributed by atoms with van der Waals surface area (Å²) in [5.41, 5.74) is 4.73. The molecule has 0 fully saturated rings. The van der Waals surface area contributed by atoms with Crippen LogP contribution in [0.15, 0.2) is 18.2 Å². The van der Waals surface area contributed by atoms with Crippen LogP contribution < -0.4 is 4.74 Å². The van der Waals surface area contributed by atoms with Crippen LogP contribution in [0.2, 0.25) is 0 Å². The number of aromatic nitrogens is 2. The van der Waals surface area contributed by atoms with E-state index >= 15 is 0 Å². The number of hydrogen-bond donors (Lipinski definition) is 1. The molecule has 0 amide bonds. The number of nitrogens with zero attached hydrogens (tertiary/aromatic N) is 1. The van der Waals surface area contributed by atoms with E-state index < -0.39 is 0 Å². The lowest BCUT2D eigenvalue weighted by Crippen LogP contribution is -2.00. The summed E-state index contributed by atoms with van der Waals surface area (Å²) >= 11 is 0. The normalized spacial score (nSPS) is 13.7. The van der Waals surface area contributed by atoms with Gasteiger partial charge in [-0.25, -0.2) is 4.98 Å². The van der Waals surface area contributed by atoms with Gasteiger partial charge in [0.15, 0.2) is 0 Å². The van der Waals surface area contributed by atoms with E-state index in [9.17, 15) is 0 Å². The first-order valence-corrected chi connectivity index (χ1v) is 7.04. The molecule has 3 rings (SSSR count). The minimum atomic E-state index is 0.518. The number of aryl methyl sites for hydroxylation is 1. The van der Waals surface area contributed by atoms with Crippen molar-refractivity contribution in [1.82, 2.24) is 9.97 Å². The fraction of sp³-hybridized carbons (Fsp3) is 0.438. The van der Waals surface area contributed by atoms with Gasteiger partial charge in [0.05, 0.1) is 18.0 Å². The van der Waals surface area contributed by atoms with E-state index in [0.717, 1.165) is 41.4 Å². The highest BCUT2D eigenvalue weighted by Gasteiger charge is 2.19. The molecular formula is C16H20N2O. The highest BCUT2D eigenvalue weighted by Crippen LogP contribution is 2.36. The zero-order valence-electron chi connectivity index (χ0n) is 11.8. The predicted octanol–water partition coefficient (Wildman–Crippen LogP) is 3.70. The number of H-pyrrole nitrogens is 1. The highest BCUT2D eigenvalue weighted by atomic mass is 16.5. The molecule has 3 nitrogen and oxygen atoms in total. The van der Waals surface area contributed by atoms with Crippen molar-refractivity contribution in [2.24, 2.45) is 0 Å². The summed E-state index contributed by atoms with van der Waals surface area (Å²) < 4.78 is 5.89. The second-order valence-electron chi connectivity index (χ2n) is 5.37. The van der Waals surface area contributed by atoms with Crippen LogP contribution >= 0.6 is 0 Å². The van der Waals surface area contributed by atoms with Crippen molar-refractivity contribution < 1.29 is 4.74 Å². The monoisotopic (exact) mass is 256 g/mol. The molecule has 1 N–H and O–H groups in total. The molecule has 1 aliphatic rings. The maximum absolute atomic E-state index is 5.89. The topological polar surface area (TPSA) is 37.9 Å². The standard InChI is InChI=1S/C16H20N2O/c1-4-15-17-13-7-8-19-14-9-11(10(2)3)5-6-12(14)16(13)18-15/h5-6,9-10H,4,7-8H2,1-3H3,(H,17,18). The Morgan fingerprint density at radius 2 is 2.21 bits per heavy atom. The van der Waals surface area contributed by atoms with Crippen LogP contribution in [-0.2, 0) is 12.8 Å². The molecule has 1 aromatic heterocycles. The maximum atomic E-state index is 5.89. The van der Waals surface area contributed by atoms with Gasteiger partial charge in [0.25, 0.3) is 0 Å². The smallest absolute Gasteiger partial charge is 0.128 e. The van der Waals surface area contributed by atoms with Gasteiger partial charge in [0, 0.05) is 18.4 Å². The van der Waals surface area contributed by atoms with Gasteiger partial charge in [-0.05, 0) is 23.6 Å². The van der Waals surface area contributed by atoms with Crippen molar-refractivity contribution in [2.45, 2.75) is 39.5 Å². The Morgan fingerprint density at radius 3 is 2.95 bits per heavy atom. The number of benzene rings is 1. The molecule has 0 unspecified atom stereocenters. The van der Waals surface area contributed by atoms with Crippen molar-refractivity contribution >= 4 is 0 Å². The Morgan fingerprint density at radius 1 is 1.37 bits per heavy atom. The number of hydrogen-bond acceptors (Lipinski definition) is 2. The summed E-state index contributed by atoms with van der Waals surface area (Å²) in [5, 5.41) is 0. The van der Waals surface area contributed by atoms with E-state index in [2.05, 4.69) is 48.9 Å². The first-order chi connectivity index (χ1) is 9.19. The molecule has 100 valence electrons. The molecule has 0 atom stereocenters. The molecule has 0 saturated heterocycles. The molecular weight excluding hydrogens is 236 g/mol. The van der Waals surface area contributed by atoms with Gasteiger partial charge in [-0.3, -0.25) is 0 Å². The van der Waals surface area contributed by atoms with E-state index in [1.165, 1.54) is 5.56 Å². The van der Waals surface area contributed by atoms with Crippen molar-refractivity contribution in [3.05, 3.63) is 35.3 Å². The van der Waals surface area contributed by atoms with Crippen LogP contribution in [0, 0.1) is 0 Å². The van der Waals surface area contributed by atoms with Crippen molar-refractivity contribution in [3.63, 3.8) is 0 Å². The van der Waals surface area contributed by atoms with Gasteiger partial charge in [-0.1, -0.05) is 26.8 Å². The Bertz CT molecular complexity index is 599. The molecule has 0 radical (unpaired) electrons. The average Bonchev–Trinajstić information content (AvgIpc) is 2.74. The predicted molar refractivity (Wildman–Crippen MR) is 76.7 cm³/mol. The third-order valence-electron chi connectivity index (χ3n) is 3.70. The minimum Gasteiger partial charge on any atom is -0.492 e. The first kappa shape index (κ1) is 12.3. The summed E-state index contributed by atoms with van der Waals surface area (Å²) in [5.74, 6) is 2.56. The summed E-state index contributed by atoms with van der Waals surface area (Å²) in [4.78, 5) is 8.09. The molecule has 0 spiro atoms. The number of imidazole rings is 1. The summed E-state index contributed by atoms with van der Waals surface area (Å²) in [6.07, 6.45) is 1.81. The lowest BCUT2D eigenvalue weighted by atomic mass is 9.99. The third-order valence-corrected chi connectivity index (χ3v) is 3.70. The zero-order valence-corrected chi connectivity index (χ0v) is 11.8. The molecule has 2 heterocycles. The molecule has 0 bridgehead atoms. The van der Waals surface area contributed by atoms with Crippen LogP contribution in [0.1, 0.15) is 43.8 Å². The largest absolute Gasteiger partial charge is 0.492 e. The van der Waals surface area contributed by atoms with Gasteiger partial charge in [0.2, 0.25) is 0 Å². The Hall–Kier alpha value is -1.77. The quantitative estimate of drug-likeness (QED) is 0.889. The number of nitrogens with one attached hydrogen (secondary N) is 1. The molecule has 1 aromatic carbocycles. The Labute approximate surface area is 114 Å². The second-order valence-corrected chi connectivity index (χ2v) is 5.37. The fourth-order valence-corrected chi connectivity index (χ4v) is 2.52. The van der Waals surface area contributed by atoms with Crippen LogP contribution in [0.25, 0.3) is 11.3 Å². The van der Waals surface area contributed by atoms with E-state index in [-0.39, 0.29) is 0 Å². The number of aromatic amines is 1. The van der Waals surface area contributed by atoms with Crippen molar-refractivity contribution in [3.8, 4) is 17.0 Å². The highest BCUT2D eigenvalue weighted by molar-refractivity contribution is 5.71. The van der Waals surface area contributed by atoms with E-state index in [0.29, 0.717) is 12.5 Å². The fourth-order valence-electron chi connectivity index (χ4n) is 2.52. The van der Waals surface area contributed by atoms with Crippen molar-refractivity contribution in [2.75, 3.05) is 6.61 Å². The van der Waals surface area contributed by atoms with Gasteiger partial charge in [0.1, 0.15) is 11.6 Å². The van der Waals surface area contributed by atoms with Gasteiger partial charge >= 0.3 is 0 Å². The third kappa shape index (κ3) is 2.14. The summed E-state index contributed by atoms with van der Waals surface area (Å²) in [6, 6.07) is 6.52. The Balaban J connectivity index is 2.12. The Kier molecular flexibility index (Phi) is 3.05. The SMILES string of the molecule is CCc1nc2c([nH]1)-c1ccc(C(C)C)cc1OCC2. The lowest BCUT2D eigenvalue weighted by molar-refractivity contribution is 0.325. The summed E-state index contributed by atoms with van der Waals surface area (Å²) in [7, 11) is 0. The van der Waals surface area contributed by atoms with Crippen LogP contribution in [0.4, 0.5) is 0 Å². The van der Waals surface area contributed by atoms with Crippen LogP contribution in [-0.4, -0.2) is 16.6 Å². The molecule has 0 aliphatic carbocycles. The number of fused-ring (bicyclic) bond motifs is 3. The van der Waals surface area contributed by atoms with Crippen LogP contribution in [0.3, 0.4) is 0 Å². The van der Waals surface area contributed by atoms with E-state index in [1.54, 1.807) is 0 Å². The maximum Gasteiger partial charge on any atom is 0.128 e. The molecule has 19 heavy (non-hydrogen) atoms. The summed E-state index contributed by atoms with van der Waals surface area (Å²) in [6.45, 7) is 7.23. The number of ether oxygens (including phenoxy) is 1. The molecule has 0 saturated carbocycles. The van der Waals surface area contributed by atoms with E-state index in [4.69, 9.17) is 4.74 Å². The lowest BCUT2D eigenvalue weighted by Gasteiger charge is -2.11.